The van der Waals surface area contributed by atoms with Crippen molar-refractivity contribution in [3.05, 3.63) is 28.8 Å². The van der Waals surface area contributed by atoms with E-state index in [9.17, 15) is 9.90 Å². The first-order chi connectivity index (χ1) is 9.42. The summed E-state index contributed by atoms with van der Waals surface area (Å²) >= 11 is 1.58. The third kappa shape index (κ3) is 2.99. The van der Waals surface area contributed by atoms with Gasteiger partial charge in [0, 0.05) is 35.7 Å². The van der Waals surface area contributed by atoms with E-state index in [4.69, 9.17) is 0 Å². The molecular weight excluding hydrogens is 272 g/mol. The van der Waals surface area contributed by atoms with Crippen molar-refractivity contribution in [2.45, 2.75) is 25.3 Å². The van der Waals surface area contributed by atoms with Crippen molar-refractivity contribution in [3.63, 3.8) is 0 Å². The number of benzene rings is 1. The maximum Gasteiger partial charge on any atom is 0.155 e. The van der Waals surface area contributed by atoms with Gasteiger partial charge in [0.1, 0.15) is 5.75 Å². The number of thioether (sulfide) groups is 1. The fourth-order valence-electron chi connectivity index (χ4n) is 2.25. The summed E-state index contributed by atoms with van der Waals surface area (Å²) in [5, 5.41) is 11.1. The molecule has 0 radical (unpaired) electrons. The Morgan fingerprint density at radius 2 is 2.15 bits per heavy atom. The van der Waals surface area contributed by atoms with Crippen LogP contribution in [0.3, 0.4) is 0 Å². The zero-order chi connectivity index (χ0) is 14.9. The fourth-order valence-corrected chi connectivity index (χ4v) is 3.52. The van der Waals surface area contributed by atoms with E-state index in [0.717, 1.165) is 27.7 Å². The number of carbonyl (C=O) groups excluding carboxylic acids is 1. The van der Waals surface area contributed by atoms with Crippen LogP contribution in [0, 0.1) is 0 Å². The lowest BCUT2D eigenvalue weighted by Crippen LogP contribution is -2.17. The highest BCUT2D eigenvalue weighted by Crippen LogP contribution is 2.48. The zero-order valence-corrected chi connectivity index (χ0v) is 13.1. The molecule has 0 saturated carbocycles. The standard InChI is InChI=1S/C15H20N2O2S/c1-5-17-12-8-13(19)11(9-16(3)4)7-14(12)20-15(17)6-10(2)18/h6-8,19H,5,9H2,1-4H3/b15-6+. The number of hydrogen-bond acceptors (Lipinski definition) is 5. The fraction of sp³-hybridized carbons (Fsp3) is 0.400. The third-order valence-electron chi connectivity index (χ3n) is 3.06. The van der Waals surface area contributed by atoms with Gasteiger partial charge in [-0.1, -0.05) is 11.8 Å². The molecule has 1 aromatic rings. The van der Waals surface area contributed by atoms with E-state index in [0.29, 0.717) is 12.3 Å². The Labute approximate surface area is 124 Å². The minimum Gasteiger partial charge on any atom is -0.508 e. The Morgan fingerprint density at radius 3 is 2.70 bits per heavy atom. The first kappa shape index (κ1) is 14.9. The second-order valence-electron chi connectivity index (χ2n) is 5.13. The van der Waals surface area contributed by atoms with Gasteiger partial charge >= 0.3 is 0 Å². The smallest absolute Gasteiger partial charge is 0.155 e. The molecule has 1 heterocycles. The number of nitrogens with zero attached hydrogens (tertiary/aromatic N) is 2. The largest absolute Gasteiger partial charge is 0.508 e. The Morgan fingerprint density at radius 1 is 1.45 bits per heavy atom. The highest BCUT2D eigenvalue weighted by molar-refractivity contribution is 8.03. The minimum atomic E-state index is 0.0384. The minimum absolute atomic E-state index is 0.0384. The number of anilines is 1. The number of allylic oxidation sites excluding steroid dienone is 1. The Kier molecular flexibility index (Phi) is 4.40. The van der Waals surface area contributed by atoms with Crippen molar-refractivity contribution in [1.29, 1.82) is 0 Å². The molecule has 1 aliphatic rings. The summed E-state index contributed by atoms with van der Waals surface area (Å²) in [6.45, 7) is 5.05. The number of phenols is 1. The van der Waals surface area contributed by atoms with E-state index in [-0.39, 0.29) is 5.78 Å². The molecular formula is C15H20N2O2S. The van der Waals surface area contributed by atoms with Crippen molar-refractivity contribution in [2.24, 2.45) is 0 Å². The average Bonchev–Trinajstić information content (AvgIpc) is 2.64. The zero-order valence-electron chi connectivity index (χ0n) is 12.3. The van der Waals surface area contributed by atoms with Crippen LogP contribution in [0.5, 0.6) is 5.75 Å². The van der Waals surface area contributed by atoms with Crippen LogP contribution in [0.25, 0.3) is 0 Å². The number of phenolic OH excluding ortho intramolecular Hbond substituents is 1. The number of hydrogen-bond donors (Lipinski definition) is 1. The Balaban J connectivity index is 2.42. The van der Waals surface area contributed by atoms with E-state index in [1.807, 2.05) is 32.0 Å². The summed E-state index contributed by atoms with van der Waals surface area (Å²) in [6.07, 6.45) is 1.65. The average molecular weight is 292 g/mol. The number of carbonyl (C=O) groups is 1. The molecule has 0 bridgehead atoms. The lowest BCUT2D eigenvalue weighted by atomic mass is 10.1. The van der Waals surface area contributed by atoms with Crippen LogP contribution < -0.4 is 4.90 Å². The van der Waals surface area contributed by atoms with Gasteiger partial charge in [-0.15, -0.1) is 0 Å². The molecule has 20 heavy (non-hydrogen) atoms. The maximum atomic E-state index is 11.3. The van der Waals surface area contributed by atoms with E-state index in [1.54, 1.807) is 30.8 Å². The highest BCUT2D eigenvalue weighted by atomic mass is 32.2. The summed E-state index contributed by atoms with van der Waals surface area (Å²) in [4.78, 5) is 16.5. The van der Waals surface area contributed by atoms with Crippen molar-refractivity contribution in [3.8, 4) is 5.75 Å². The Hall–Kier alpha value is -1.46. The molecule has 0 fully saturated rings. The van der Waals surface area contributed by atoms with Gasteiger partial charge in [0.05, 0.1) is 10.7 Å². The molecule has 1 aromatic carbocycles. The van der Waals surface area contributed by atoms with Crippen molar-refractivity contribution in [1.82, 2.24) is 4.90 Å². The summed E-state index contributed by atoms with van der Waals surface area (Å²) in [5.41, 5.74) is 1.88. The summed E-state index contributed by atoms with van der Waals surface area (Å²) < 4.78 is 0. The van der Waals surface area contributed by atoms with Crippen LogP contribution in [0.4, 0.5) is 5.69 Å². The van der Waals surface area contributed by atoms with Gasteiger partial charge in [-0.05, 0) is 34.0 Å². The van der Waals surface area contributed by atoms with Crippen molar-refractivity contribution >= 4 is 23.2 Å². The lowest BCUT2D eigenvalue weighted by Gasteiger charge is -2.18. The van der Waals surface area contributed by atoms with Crippen LogP contribution in [-0.2, 0) is 11.3 Å². The predicted molar refractivity (Wildman–Crippen MR) is 83.1 cm³/mol. The number of aromatic hydroxyl groups is 1. The van der Waals surface area contributed by atoms with Gasteiger partial charge in [0.15, 0.2) is 5.78 Å². The molecule has 1 N–H and O–H groups in total. The van der Waals surface area contributed by atoms with E-state index >= 15 is 0 Å². The van der Waals surface area contributed by atoms with E-state index in [2.05, 4.69) is 4.90 Å². The second-order valence-corrected chi connectivity index (χ2v) is 6.19. The first-order valence-electron chi connectivity index (χ1n) is 6.60. The molecule has 4 nitrogen and oxygen atoms in total. The van der Waals surface area contributed by atoms with Gasteiger partial charge < -0.3 is 14.9 Å². The SMILES string of the molecule is CCN1/C(=C\C(C)=O)Sc2cc(CN(C)C)c(O)cc21. The predicted octanol–water partition coefficient (Wildman–Crippen LogP) is 2.82. The molecule has 108 valence electrons. The van der Waals surface area contributed by atoms with Gasteiger partial charge in [-0.3, -0.25) is 4.79 Å². The maximum absolute atomic E-state index is 11.3. The Bertz CT molecular complexity index is 567. The first-order valence-corrected chi connectivity index (χ1v) is 7.42. The van der Waals surface area contributed by atoms with Crippen LogP contribution >= 0.6 is 11.8 Å². The molecule has 1 aliphatic heterocycles. The van der Waals surface area contributed by atoms with Crippen LogP contribution in [-0.4, -0.2) is 36.4 Å². The van der Waals surface area contributed by atoms with Crippen LogP contribution in [0.2, 0.25) is 0 Å². The van der Waals surface area contributed by atoms with Crippen molar-refractivity contribution < 1.29 is 9.90 Å². The molecule has 5 heteroatoms. The van der Waals surface area contributed by atoms with Gasteiger partial charge in [0.25, 0.3) is 0 Å². The van der Waals surface area contributed by atoms with Crippen LogP contribution in [0.15, 0.2) is 28.1 Å². The quantitative estimate of drug-likeness (QED) is 0.865. The van der Waals surface area contributed by atoms with Gasteiger partial charge in [0.2, 0.25) is 0 Å². The molecule has 0 aliphatic carbocycles. The van der Waals surface area contributed by atoms with E-state index < -0.39 is 0 Å². The van der Waals surface area contributed by atoms with Crippen LogP contribution in [0.1, 0.15) is 19.4 Å². The highest BCUT2D eigenvalue weighted by Gasteiger charge is 2.26. The number of ketones is 1. The monoisotopic (exact) mass is 292 g/mol. The lowest BCUT2D eigenvalue weighted by molar-refractivity contribution is -0.112. The summed E-state index contributed by atoms with van der Waals surface area (Å²) in [7, 11) is 3.94. The second kappa shape index (κ2) is 5.89. The number of fused-ring (bicyclic) bond motifs is 1. The third-order valence-corrected chi connectivity index (χ3v) is 4.16. The molecule has 0 atom stereocenters. The van der Waals surface area contributed by atoms with E-state index in [1.165, 1.54) is 0 Å². The van der Waals surface area contributed by atoms with Gasteiger partial charge in [-0.2, -0.15) is 0 Å². The molecule has 0 amide bonds. The van der Waals surface area contributed by atoms with Gasteiger partial charge in [-0.25, -0.2) is 0 Å². The molecule has 0 spiro atoms. The van der Waals surface area contributed by atoms with Crippen molar-refractivity contribution in [2.75, 3.05) is 25.5 Å². The molecule has 0 saturated heterocycles. The topological polar surface area (TPSA) is 43.8 Å². The summed E-state index contributed by atoms with van der Waals surface area (Å²) in [6, 6.07) is 3.81. The summed E-state index contributed by atoms with van der Waals surface area (Å²) in [5.74, 6) is 0.345. The molecule has 0 unspecified atom stereocenters. The molecule has 2 rings (SSSR count). The normalized spacial score (nSPS) is 16.1. The number of rotatable bonds is 4. The molecule has 0 aromatic heterocycles.